The van der Waals surface area contributed by atoms with Crippen molar-refractivity contribution in [2.75, 3.05) is 18.0 Å². The Balaban J connectivity index is 2.09. The Morgan fingerprint density at radius 3 is 2.65 bits per heavy atom. The SMILES string of the molecule is CCN(CC1CCC1)c1nc(C)c(C(C)N)s1. The fourth-order valence-corrected chi connectivity index (χ4v) is 3.37. The maximum Gasteiger partial charge on any atom is 0.185 e. The molecule has 4 heteroatoms. The highest BCUT2D eigenvalue weighted by atomic mass is 32.1. The van der Waals surface area contributed by atoms with Crippen molar-refractivity contribution in [2.24, 2.45) is 11.7 Å². The zero-order valence-corrected chi connectivity index (χ0v) is 11.9. The van der Waals surface area contributed by atoms with Gasteiger partial charge in [-0.1, -0.05) is 6.42 Å². The number of thiazole rings is 1. The second kappa shape index (κ2) is 5.36. The summed E-state index contributed by atoms with van der Waals surface area (Å²) in [7, 11) is 0. The lowest BCUT2D eigenvalue weighted by Gasteiger charge is -2.31. The van der Waals surface area contributed by atoms with E-state index in [1.807, 2.05) is 6.92 Å². The fourth-order valence-electron chi connectivity index (χ4n) is 2.28. The summed E-state index contributed by atoms with van der Waals surface area (Å²) in [5.74, 6) is 0.887. The Bertz CT molecular complexity index is 369. The van der Waals surface area contributed by atoms with E-state index in [-0.39, 0.29) is 6.04 Å². The molecular weight excluding hydrogens is 230 g/mol. The molecule has 0 aliphatic heterocycles. The zero-order chi connectivity index (χ0) is 12.4. The predicted octanol–water partition coefficient (Wildman–Crippen LogP) is 3.10. The van der Waals surface area contributed by atoms with Crippen LogP contribution in [0.5, 0.6) is 0 Å². The van der Waals surface area contributed by atoms with Gasteiger partial charge in [-0.3, -0.25) is 0 Å². The quantitative estimate of drug-likeness (QED) is 0.876. The van der Waals surface area contributed by atoms with Crippen molar-refractivity contribution in [1.82, 2.24) is 4.98 Å². The van der Waals surface area contributed by atoms with Crippen LogP contribution in [0, 0.1) is 12.8 Å². The molecule has 0 aromatic carbocycles. The highest BCUT2D eigenvalue weighted by Crippen LogP contribution is 2.33. The molecular formula is C13H23N3S. The summed E-state index contributed by atoms with van der Waals surface area (Å²) in [6, 6.07) is 0.101. The number of anilines is 1. The average molecular weight is 253 g/mol. The number of nitrogens with two attached hydrogens (primary N) is 1. The number of nitrogens with zero attached hydrogens (tertiary/aromatic N) is 2. The molecule has 96 valence electrons. The lowest BCUT2D eigenvalue weighted by Crippen LogP contribution is -2.32. The zero-order valence-electron chi connectivity index (χ0n) is 11.1. The van der Waals surface area contributed by atoms with Crippen molar-refractivity contribution in [3.63, 3.8) is 0 Å². The maximum absolute atomic E-state index is 5.96. The molecule has 17 heavy (non-hydrogen) atoms. The first kappa shape index (κ1) is 12.8. The number of aromatic nitrogens is 1. The van der Waals surface area contributed by atoms with E-state index in [2.05, 4.69) is 23.7 Å². The van der Waals surface area contributed by atoms with E-state index in [4.69, 9.17) is 5.73 Å². The van der Waals surface area contributed by atoms with Gasteiger partial charge >= 0.3 is 0 Å². The average Bonchev–Trinajstić information content (AvgIpc) is 2.59. The van der Waals surface area contributed by atoms with Crippen LogP contribution in [-0.4, -0.2) is 18.1 Å². The first-order valence-electron chi connectivity index (χ1n) is 6.59. The van der Waals surface area contributed by atoms with Gasteiger partial charge in [0, 0.05) is 24.0 Å². The van der Waals surface area contributed by atoms with E-state index in [0.29, 0.717) is 0 Å². The highest BCUT2D eigenvalue weighted by molar-refractivity contribution is 7.15. The van der Waals surface area contributed by atoms with Crippen LogP contribution >= 0.6 is 11.3 Å². The van der Waals surface area contributed by atoms with Crippen LogP contribution in [0.3, 0.4) is 0 Å². The number of rotatable bonds is 5. The van der Waals surface area contributed by atoms with Crippen molar-refractivity contribution >= 4 is 16.5 Å². The van der Waals surface area contributed by atoms with Gasteiger partial charge in [0.2, 0.25) is 0 Å². The van der Waals surface area contributed by atoms with Crippen molar-refractivity contribution in [1.29, 1.82) is 0 Å². The van der Waals surface area contributed by atoms with Crippen LogP contribution in [0.25, 0.3) is 0 Å². The molecule has 1 unspecified atom stereocenters. The van der Waals surface area contributed by atoms with E-state index in [0.717, 1.165) is 23.3 Å². The van der Waals surface area contributed by atoms with Gasteiger partial charge in [-0.25, -0.2) is 4.98 Å². The molecule has 1 aromatic heterocycles. The topological polar surface area (TPSA) is 42.2 Å². The minimum Gasteiger partial charge on any atom is -0.348 e. The Kier molecular flexibility index (Phi) is 4.05. The standard InChI is InChI=1S/C13H23N3S/c1-4-16(8-11-6-5-7-11)13-15-10(3)12(17-13)9(2)14/h9,11H,4-8,14H2,1-3H3. The molecule has 1 aliphatic carbocycles. The molecule has 1 aromatic rings. The highest BCUT2D eigenvalue weighted by Gasteiger charge is 2.22. The Morgan fingerprint density at radius 2 is 2.24 bits per heavy atom. The first-order chi connectivity index (χ1) is 8.11. The molecule has 0 amide bonds. The minimum atomic E-state index is 0.101. The fraction of sp³-hybridized carbons (Fsp3) is 0.769. The maximum atomic E-state index is 5.96. The third-order valence-corrected chi connectivity index (χ3v) is 5.01. The third-order valence-electron chi connectivity index (χ3n) is 3.59. The first-order valence-corrected chi connectivity index (χ1v) is 7.41. The molecule has 0 spiro atoms. The van der Waals surface area contributed by atoms with Crippen LogP contribution in [0.2, 0.25) is 0 Å². The van der Waals surface area contributed by atoms with Gasteiger partial charge < -0.3 is 10.6 Å². The lowest BCUT2D eigenvalue weighted by molar-refractivity contribution is 0.318. The van der Waals surface area contributed by atoms with E-state index >= 15 is 0 Å². The second-order valence-electron chi connectivity index (χ2n) is 5.07. The van der Waals surface area contributed by atoms with Crippen molar-refractivity contribution < 1.29 is 0 Å². The number of hydrogen-bond donors (Lipinski definition) is 1. The van der Waals surface area contributed by atoms with Crippen molar-refractivity contribution in [2.45, 2.75) is 46.1 Å². The van der Waals surface area contributed by atoms with Gasteiger partial charge in [0.25, 0.3) is 0 Å². The molecule has 0 bridgehead atoms. The molecule has 1 saturated carbocycles. The molecule has 1 fully saturated rings. The van der Waals surface area contributed by atoms with Crippen LogP contribution in [-0.2, 0) is 0 Å². The molecule has 1 aliphatic rings. The molecule has 3 nitrogen and oxygen atoms in total. The molecule has 1 heterocycles. The van der Waals surface area contributed by atoms with E-state index < -0.39 is 0 Å². The van der Waals surface area contributed by atoms with E-state index in [1.165, 1.54) is 30.7 Å². The number of aryl methyl sites for hydroxylation is 1. The van der Waals surface area contributed by atoms with Gasteiger partial charge in [-0.05, 0) is 39.5 Å². The van der Waals surface area contributed by atoms with E-state index in [9.17, 15) is 0 Å². The molecule has 0 saturated heterocycles. The largest absolute Gasteiger partial charge is 0.348 e. The molecule has 2 rings (SSSR count). The second-order valence-corrected chi connectivity index (χ2v) is 6.08. The van der Waals surface area contributed by atoms with Crippen LogP contribution in [0.4, 0.5) is 5.13 Å². The summed E-state index contributed by atoms with van der Waals surface area (Å²) in [5.41, 5.74) is 7.06. The summed E-state index contributed by atoms with van der Waals surface area (Å²) in [6.07, 6.45) is 4.19. The Morgan fingerprint density at radius 1 is 1.53 bits per heavy atom. The van der Waals surface area contributed by atoms with Gasteiger partial charge in [-0.2, -0.15) is 0 Å². The van der Waals surface area contributed by atoms with Gasteiger partial charge in [-0.15, -0.1) is 11.3 Å². The Hall–Kier alpha value is -0.610. The lowest BCUT2D eigenvalue weighted by atomic mass is 9.85. The number of hydrogen-bond acceptors (Lipinski definition) is 4. The summed E-state index contributed by atoms with van der Waals surface area (Å²) in [5, 5.41) is 1.16. The van der Waals surface area contributed by atoms with Crippen LogP contribution in [0.1, 0.15) is 49.7 Å². The monoisotopic (exact) mass is 253 g/mol. The minimum absolute atomic E-state index is 0.101. The van der Waals surface area contributed by atoms with Crippen molar-refractivity contribution in [3.8, 4) is 0 Å². The van der Waals surface area contributed by atoms with Crippen molar-refractivity contribution in [3.05, 3.63) is 10.6 Å². The van der Waals surface area contributed by atoms with Gasteiger partial charge in [0.05, 0.1) is 5.69 Å². The predicted molar refractivity (Wildman–Crippen MR) is 74.7 cm³/mol. The van der Waals surface area contributed by atoms with Gasteiger partial charge in [0.15, 0.2) is 5.13 Å². The molecule has 1 atom stereocenters. The third kappa shape index (κ3) is 2.80. The smallest absolute Gasteiger partial charge is 0.185 e. The summed E-state index contributed by atoms with van der Waals surface area (Å²) >= 11 is 1.77. The van der Waals surface area contributed by atoms with Gasteiger partial charge in [0.1, 0.15) is 0 Å². The summed E-state index contributed by atoms with van der Waals surface area (Å²) < 4.78 is 0. The molecule has 2 N–H and O–H groups in total. The Labute approximate surface area is 108 Å². The summed E-state index contributed by atoms with van der Waals surface area (Å²) in [4.78, 5) is 8.32. The van der Waals surface area contributed by atoms with Crippen LogP contribution in [0.15, 0.2) is 0 Å². The van der Waals surface area contributed by atoms with E-state index in [1.54, 1.807) is 11.3 Å². The van der Waals surface area contributed by atoms with Crippen LogP contribution < -0.4 is 10.6 Å². The molecule has 0 radical (unpaired) electrons. The normalized spacial score (nSPS) is 17.9. The summed E-state index contributed by atoms with van der Waals surface area (Å²) in [6.45, 7) is 8.52.